The first-order chi connectivity index (χ1) is 12.1. The Labute approximate surface area is 147 Å². The van der Waals surface area contributed by atoms with Crippen LogP contribution >= 0.6 is 0 Å². The molecule has 2 fully saturated rings. The van der Waals surface area contributed by atoms with Crippen LogP contribution in [0.25, 0.3) is 0 Å². The number of hydrogen-bond acceptors (Lipinski definition) is 5. The lowest BCUT2D eigenvalue weighted by atomic mass is 9.97. The van der Waals surface area contributed by atoms with Gasteiger partial charge in [0, 0.05) is 25.3 Å². The standard InChI is InChI=1S/C18H25N3O4/c19-17(22)14-2-1-7-21(11-14)15-5-3-13(4-6-15)10-20-18(23)16-12-24-8-9-25-16/h3-6,14,16H,1-2,7-12H2,(H2,19,22)(H,20,23)/t14-,16+/m1/s1. The molecule has 0 spiro atoms. The fraction of sp³-hybridized carbons (Fsp3) is 0.556. The van der Waals surface area contributed by atoms with Gasteiger partial charge in [-0.3, -0.25) is 9.59 Å². The van der Waals surface area contributed by atoms with Crippen LogP contribution in [0.2, 0.25) is 0 Å². The summed E-state index contributed by atoms with van der Waals surface area (Å²) >= 11 is 0. The number of nitrogens with one attached hydrogen (secondary N) is 1. The van der Waals surface area contributed by atoms with Crippen molar-refractivity contribution in [2.45, 2.75) is 25.5 Å². The molecule has 0 bridgehead atoms. The lowest BCUT2D eigenvalue weighted by Gasteiger charge is -2.33. The first kappa shape index (κ1) is 17.7. The molecule has 2 amide bonds. The summed E-state index contributed by atoms with van der Waals surface area (Å²) in [6.45, 7) is 3.35. The van der Waals surface area contributed by atoms with Gasteiger partial charge in [-0.25, -0.2) is 0 Å². The van der Waals surface area contributed by atoms with E-state index in [-0.39, 0.29) is 17.7 Å². The molecule has 0 radical (unpaired) electrons. The lowest BCUT2D eigenvalue weighted by molar-refractivity contribution is -0.147. The van der Waals surface area contributed by atoms with E-state index >= 15 is 0 Å². The molecular formula is C18H25N3O4. The van der Waals surface area contributed by atoms with Crippen LogP contribution in [0, 0.1) is 5.92 Å². The highest BCUT2D eigenvalue weighted by Crippen LogP contribution is 2.23. The van der Waals surface area contributed by atoms with Crippen molar-refractivity contribution in [3.63, 3.8) is 0 Å². The van der Waals surface area contributed by atoms with Crippen molar-refractivity contribution in [1.82, 2.24) is 5.32 Å². The van der Waals surface area contributed by atoms with Gasteiger partial charge in [0.05, 0.1) is 25.7 Å². The molecule has 3 rings (SSSR count). The van der Waals surface area contributed by atoms with E-state index in [1.165, 1.54) is 0 Å². The number of nitrogens with two attached hydrogens (primary N) is 1. The molecule has 0 saturated carbocycles. The molecule has 2 saturated heterocycles. The van der Waals surface area contributed by atoms with Gasteiger partial charge in [0.15, 0.2) is 6.10 Å². The minimum atomic E-state index is -0.521. The summed E-state index contributed by atoms with van der Waals surface area (Å²) < 4.78 is 10.6. The second kappa shape index (κ2) is 8.31. The van der Waals surface area contributed by atoms with E-state index in [0.29, 0.717) is 32.9 Å². The number of anilines is 1. The molecule has 2 heterocycles. The van der Waals surface area contributed by atoms with Crippen molar-refractivity contribution in [2.24, 2.45) is 11.7 Å². The molecule has 1 aromatic carbocycles. The Bertz CT molecular complexity index is 599. The number of nitrogens with zero attached hydrogens (tertiary/aromatic N) is 1. The smallest absolute Gasteiger partial charge is 0.251 e. The molecule has 136 valence electrons. The van der Waals surface area contributed by atoms with E-state index in [9.17, 15) is 9.59 Å². The fourth-order valence-electron chi connectivity index (χ4n) is 3.21. The zero-order chi connectivity index (χ0) is 17.6. The number of ether oxygens (including phenoxy) is 2. The second-order valence-electron chi connectivity index (χ2n) is 6.51. The molecule has 25 heavy (non-hydrogen) atoms. The Balaban J connectivity index is 1.51. The molecule has 7 nitrogen and oxygen atoms in total. The summed E-state index contributed by atoms with van der Waals surface area (Å²) in [4.78, 5) is 25.6. The molecule has 2 aliphatic heterocycles. The quantitative estimate of drug-likeness (QED) is 0.805. The predicted molar refractivity (Wildman–Crippen MR) is 93.0 cm³/mol. The maximum Gasteiger partial charge on any atom is 0.251 e. The van der Waals surface area contributed by atoms with Gasteiger partial charge in [0.2, 0.25) is 5.91 Å². The minimum absolute atomic E-state index is 0.0783. The van der Waals surface area contributed by atoms with Crippen LogP contribution < -0.4 is 16.0 Å². The SMILES string of the molecule is NC(=O)[C@@H]1CCCN(c2ccc(CNC(=O)[C@@H]3COCCO3)cc2)C1. The molecule has 1 aromatic rings. The first-order valence-corrected chi connectivity index (χ1v) is 8.74. The zero-order valence-corrected chi connectivity index (χ0v) is 14.3. The molecule has 0 unspecified atom stereocenters. The Morgan fingerprint density at radius 1 is 1.24 bits per heavy atom. The molecule has 0 aliphatic carbocycles. The van der Waals surface area contributed by atoms with Gasteiger partial charge in [-0.05, 0) is 30.5 Å². The molecule has 0 aromatic heterocycles. The van der Waals surface area contributed by atoms with E-state index < -0.39 is 6.10 Å². The van der Waals surface area contributed by atoms with Crippen LogP contribution in [0.5, 0.6) is 0 Å². The topological polar surface area (TPSA) is 93.9 Å². The average Bonchev–Trinajstić information content (AvgIpc) is 2.67. The molecule has 2 aliphatic rings. The predicted octanol–water partition coefficient (Wildman–Crippen LogP) is 0.420. The van der Waals surface area contributed by atoms with Crippen LogP contribution in [-0.2, 0) is 25.6 Å². The van der Waals surface area contributed by atoms with E-state index in [4.69, 9.17) is 15.2 Å². The number of amides is 2. The number of rotatable bonds is 5. The van der Waals surface area contributed by atoms with E-state index in [0.717, 1.165) is 30.6 Å². The van der Waals surface area contributed by atoms with Gasteiger partial charge in [0.1, 0.15) is 0 Å². The Morgan fingerprint density at radius 3 is 2.72 bits per heavy atom. The second-order valence-corrected chi connectivity index (χ2v) is 6.51. The number of carbonyl (C=O) groups excluding carboxylic acids is 2. The summed E-state index contributed by atoms with van der Waals surface area (Å²) in [6.07, 6.45) is 1.31. The van der Waals surface area contributed by atoms with E-state index in [1.54, 1.807) is 0 Å². The van der Waals surface area contributed by atoms with Gasteiger partial charge >= 0.3 is 0 Å². The van der Waals surface area contributed by atoms with Crippen molar-refractivity contribution in [1.29, 1.82) is 0 Å². The zero-order valence-electron chi connectivity index (χ0n) is 14.3. The van der Waals surface area contributed by atoms with Crippen LogP contribution in [0.3, 0.4) is 0 Å². The Hall–Kier alpha value is -2.12. The molecule has 7 heteroatoms. The number of carbonyl (C=O) groups is 2. The number of piperidine rings is 1. The van der Waals surface area contributed by atoms with Crippen LogP contribution in [0.1, 0.15) is 18.4 Å². The van der Waals surface area contributed by atoms with Crippen molar-refractivity contribution in [3.8, 4) is 0 Å². The van der Waals surface area contributed by atoms with Gasteiger partial charge in [-0.15, -0.1) is 0 Å². The number of benzene rings is 1. The third-order valence-corrected chi connectivity index (χ3v) is 4.70. The van der Waals surface area contributed by atoms with Crippen molar-refractivity contribution in [3.05, 3.63) is 29.8 Å². The third kappa shape index (κ3) is 4.70. The fourth-order valence-corrected chi connectivity index (χ4v) is 3.21. The normalized spacial score (nSPS) is 23.9. The van der Waals surface area contributed by atoms with Crippen LogP contribution in [0.4, 0.5) is 5.69 Å². The Morgan fingerprint density at radius 2 is 2.04 bits per heavy atom. The minimum Gasteiger partial charge on any atom is -0.376 e. The van der Waals surface area contributed by atoms with Crippen LogP contribution in [0.15, 0.2) is 24.3 Å². The third-order valence-electron chi connectivity index (χ3n) is 4.70. The van der Waals surface area contributed by atoms with Crippen molar-refractivity contribution in [2.75, 3.05) is 37.8 Å². The monoisotopic (exact) mass is 347 g/mol. The lowest BCUT2D eigenvalue weighted by Crippen LogP contribution is -2.42. The summed E-state index contributed by atoms with van der Waals surface area (Å²) in [5.74, 6) is -0.451. The van der Waals surface area contributed by atoms with E-state index in [2.05, 4.69) is 10.2 Å². The average molecular weight is 347 g/mol. The highest BCUT2D eigenvalue weighted by molar-refractivity contribution is 5.81. The number of hydrogen-bond donors (Lipinski definition) is 2. The maximum absolute atomic E-state index is 12.0. The van der Waals surface area contributed by atoms with Gasteiger partial charge in [0.25, 0.3) is 5.91 Å². The van der Waals surface area contributed by atoms with Gasteiger partial charge < -0.3 is 25.4 Å². The van der Waals surface area contributed by atoms with Gasteiger partial charge in [-0.1, -0.05) is 12.1 Å². The maximum atomic E-state index is 12.0. The highest BCUT2D eigenvalue weighted by atomic mass is 16.6. The molecular weight excluding hydrogens is 322 g/mol. The summed E-state index contributed by atoms with van der Waals surface area (Å²) in [6, 6.07) is 8.01. The molecule has 2 atom stereocenters. The van der Waals surface area contributed by atoms with Crippen molar-refractivity contribution < 1.29 is 19.1 Å². The largest absolute Gasteiger partial charge is 0.376 e. The molecule has 3 N–H and O–H groups in total. The van der Waals surface area contributed by atoms with Gasteiger partial charge in [-0.2, -0.15) is 0 Å². The highest BCUT2D eigenvalue weighted by Gasteiger charge is 2.24. The van der Waals surface area contributed by atoms with Crippen LogP contribution in [-0.4, -0.2) is 50.8 Å². The van der Waals surface area contributed by atoms with E-state index in [1.807, 2.05) is 24.3 Å². The Kier molecular flexibility index (Phi) is 5.88. The number of primary amides is 1. The first-order valence-electron chi connectivity index (χ1n) is 8.74. The summed E-state index contributed by atoms with van der Waals surface area (Å²) in [5, 5.41) is 2.87. The van der Waals surface area contributed by atoms with Crippen molar-refractivity contribution >= 4 is 17.5 Å². The summed E-state index contributed by atoms with van der Waals surface area (Å²) in [5.41, 5.74) is 7.52. The summed E-state index contributed by atoms with van der Waals surface area (Å²) in [7, 11) is 0.